The fourth-order valence-electron chi connectivity index (χ4n) is 9.48. The molecule has 1 aliphatic heterocycles. The molecule has 0 aromatic rings. The summed E-state index contributed by atoms with van der Waals surface area (Å²) in [6, 6.07) is 0. The predicted octanol–water partition coefficient (Wildman–Crippen LogP) is 6.44. The van der Waals surface area contributed by atoms with E-state index < -0.39 is 5.60 Å². The molecule has 3 fully saturated rings. The van der Waals surface area contributed by atoms with Gasteiger partial charge in [0.2, 0.25) is 0 Å². The molecule has 3 nitrogen and oxygen atoms in total. The topological polar surface area (TPSA) is 49.7 Å². The predicted molar refractivity (Wildman–Crippen MR) is 134 cm³/mol. The number of fused-ring (bicyclic) bond motifs is 5. The van der Waals surface area contributed by atoms with Crippen LogP contribution in [0.2, 0.25) is 0 Å². The number of ether oxygens (including phenoxy) is 1. The molecule has 0 amide bonds. The zero-order valence-electron chi connectivity index (χ0n) is 22.4. The summed E-state index contributed by atoms with van der Waals surface area (Å²) in [6.45, 7) is 18.6. The molecule has 3 heteroatoms. The maximum Gasteiger partial charge on any atom is 0.0889 e. The Morgan fingerprint density at radius 1 is 0.909 bits per heavy atom. The molecule has 33 heavy (non-hydrogen) atoms. The number of rotatable bonds is 2. The third-order valence-electron chi connectivity index (χ3n) is 12.2. The van der Waals surface area contributed by atoms with Crippen LogP contribution in [-0.2, 0) is 4.74 Å². The van der Waals surface area contributed by atoms with E-state index in [1.54, 1.807) is 11.1 Å². The van der Waals surface area contributed by atoms with Gasteiger partial charge in [-0.25, -0.2) is 0 Å². The highest BCUT2D eigenvalue weighted by Gasteiger charge is 2.64. The van der Waals surface area contributed by atoms with Gasteiger partial charge < -0.3 is 14.9 Å². The van der Waals surface area contributed by atoms with Crippen molar-refractivity contribution in [2.75, 3.05) is 0 Å². The third-order valence-corrected chi connectivity index (χ3v) is 12.2. The standard InChI is InChI=1S/C30H48O3/c1-18(22-17-25(32)27(4,5)33-22)19-11-15-30(8)21-9-10-23-26(2,3)24(31)13-14-28(23,6)20(21)12-16-29(19,30)7/h9,12,18-19,22-25,31-32H,10-11,13-17H2,1-8H3/t18-,19+,22-,23-,24-,25+,28+,29+,30-/m0/s1. The molecule has 0 radical (unpaired) electrons. The van der Waals surface area contributed by atoms with E-state index >= 15 is 0 Å². The number of allylic oxidation sites excluding steroid dienone is 4. The van der Waals surface area contributed by atoms with E-state index in [0.29, 0.717) is 17.8 Å². The summed E-state index contributed by atoms with van der Waals surface area (Å²) in [7, 11) is 0. The fraction of sp³-hybridized carbons (Fsp3) is 0.867. The molecule has 4 aliphatic carbocycles. The van der Waals surface area contributed by atoms with E-state index in [0.717, 1.165) is 32.1 Å². The minimum atomic E-state index is -0.435. The van der Waals surface area contributed by atoms with Crippen molar-refractivity contribution in [2.45, 2.75) is 124 Å². The van der Waals surface area contributed by atoms with Crippen LogP contribution in [-0.4, -0.2) is 34.1 Å². The van der Waals surface area contributed by atoms with Crippen molar-refractivity contribution in [1.29, 1.82) is 0 Å². The number of hydrogen-bond donors (Lipinski definition) is 2. The lowest BCUT2D eigenvalue weighted by Gasteiger charge is -2.61. The number of aliphatic hydroxyl groups is 2. The maximum absolute atomic E-state index is 10.8. The second kappa shape index (κ2) is 7.20. The molecule has 2 N–H and O–H groups in total. The van der Waals surface area contributed by atoms with Crippen LogP contribution in [0.1, 0.15) is 100 Å². The second-order valence-corrected chi connectivity index (χ2v) is 14.3. The van der Waals surface area contributed by atoms with Crippen LogP contribution in [0, 0.1) is 39.4 Å². The molecule has 9 atom stereocenters. The molecule has 1 heterocycles. The van der Waals surface area contributed by atoms with E-state index in [9.17, 15) is 10.2 Å². The second-order valence-electron chi connectivity index (χ2n) is 14.3. The van der Waals surface area contributed by atoms with Gasteiger partial charge in [0, 0.05) is 6.42 Å². The van der Waals surface area contributed by atoms with E-state index in [1.807, 2.05) is 13.8 Å². The molecular formula is C30H48O3. The Labute approximate surface area is 202 Å². The van der Waals surface area contributed by atoms with Gasteiger partial charge in [-0.05, 0) is 103 Å². The van der Waals surface area contributed by atoms with E-state index in [2.05, 4.69) is 53.7 Å². The summed E-state index contributed by atoms with van der Waals surface area (Å²) in [5.41, 5.74) is 3.34. The Kier molecular flexibility index (Phi) is 5.25. The Bertz CT molecular complexity index is 883. The van der Waals surface area contributed by atoms with Crippen molar-refractivity contribution >= 4 is 0 Å². The van der Waals surface area contributed by atoms with Crippen molar-refractivity contribution < 1.29 is 14.9 Å². The highest BCUT2D eigenvalue weighted by Crippen LogP contribution is 2.72. The highest BCUT2D eigenvalue weighted by molar-refractivity contribution is 5.49. The van der Waals surface area contributed by atoms with Gasteiger partial charge in [-0.3, -0.25) is 0 Å². The molecular weight excluding hydrogens is 408 g/mol. The Balaban J connectivity index is 1.48. The molecule has 1 saturated heterocycles. The van der Waals surface area contributed by atoms with Gasteiger partial charge in [-0.2, -0.15) is 0 Å². The first-order valence-electron chi connectivity index (χ1n) is 13.6. The van der Waals surface area contributed by atoms with E-state index in [4.69, 9.17) is 4.74 Å². The normalized spacial score (nSPS) is 51.2. The maximum atomic E-state index is 10.8. The largest absolute Gasteiger partial charge is 0.393 e. The van der Waals surface area contributed by atoms with Gasteiger partial charge in [0.05, 0.1) is 23.9 Å². The first-order chi connectivity index (χ1) is 15.2. The van der Waals surface area contributed by atoms with Crippen LogP contribution in [0.3, 0.4) is 0 Å². The Morgan fingerprint density at radius 2 is 1.61 bits per heavy atom. The molecule has 5 rings (SSSR count). The van der Waals surface area contributed by atoms with Gasteiger partial charge >= 0.3 is 0 Å². The smallest absolute Gasteiger partial charge is 0.0889 e. The van der Waals surface area contributed by atoms with Crippen LogP contribution in [0.4, 0.5) is 0 Å². The van der Waals surface area contributed by atoms with Crippen LogP contribution in [0.15, 0.2) is 23.3 Å². The lowest BCUT2D eigenvalue weighted by molar-refractivity contribution is -0.0912. The zero-order chi connectivity index (χ0) is 24.2. The van der Waals surface area contributed by atoms with Gasteiger partial charge in [0.25, 0.3) is 0 Å². The molecule has 2 saturated carbocycles. The van der Waals surface area contributed by atoms with Crippen LogP contribution >= 0.6 is 0 Å². The summed E-state index contributed by atoms with van der Waals surface area (Å²) < 4.78 is 6.42. The van der Waals surface area contributed by atoms with E-state index in [1.165, 1.54) is 12.8 Å². The molecule has 0 aromatic heterocycles. The molecule has 5 aliphatic rings. The van der Waals surface area contributed by atoms with Crippen molar-refractivity contribution in [3.63, 3.8) is 0 Å². The minimum absolute atomic E-state index is 0.0439. The molecule has 0 bridgehead atoms. The average molecular weight is 457 g/mol. The number of hydrogen-bond acceptors (Lipinski definition) is 3. The number of aliphatic hydroxyl groups excluding tert-OH is 2. The van der Waals surface area contributed by atoms with Crippen LogP contribution in [0.25, 0.3) is 0 Å². The lowest BCUT2D eigenvalue weighted by Crippen LogP contribution is -2.54. The van der Waals surface area contributed by atoms with Crippen molar-refractivity contribution in [3.05, 3.63) is 23.3 Å². The van der Waals surface area contributed by atoms with Crippen LogP contribution in [0.5, 0.6) is 0 Å². The SMILES string of the molecule is C[C@H]([C@@H]1C[C@@H](O)C(C)(C)O1)[C@H]1CC[C@@]2(C)C3=CC[C@H]4C(C)(C)[C@@H](O)CC[C@]4(C)C3=CC[C@]12C. The Morgan fingerprint density at radius 3 is 2.24 bits per heavy atom. The first kappa shape index (κ1) is 24.1. The fourth-order valence-corrected chi connectivity index (χ4v) is 9.48. The van der Waals surface area contributed by atoms with Gasteiger partial charge in [-0.1, -0.05) is 53.7 Å². The zero-order valence-corrected chi connectivity index (χ0v) is 22.4. The van der Waals surface area contributed by atoms with Crippen molar-refractivity contribution in [1.82, 2.24) is 0 Å². The van der Waals surface area contributed by atoms with Gasteiger partial charge in [0.1, 0.15) is 0 Å². The van der Waals surface area contributed by atoms with Crippen molar-refractivity contribution in [2.24, 2.45) is 39.4 Å². The minimum Gasteiger partial charge on any atom is -0.393 e. The van der Waals surface area contributed by atoms with Gasteiger partial charge in [0.15, 0.2) is 0 Å². The van der Waals surface area contributed by atoms with E-state index in [-0.39, 0.29) is 40.0 Å². The summed E-state index contributed by atoms with van der Waals surface area (Å²) in [5, 5.41) is 21.4. The van der Waals surface area contributed by atoms with Crippen LogP contribution < -0.4 is 0 Å². The third kappa shape index (κ3) is 3.04. The monoisotopic (exact) mass is 456 g/mol. The lowest BCUT2D eigenvalue weighted by atomic mass is 9.44. The molecule has 0 unspecified atom stereocenters. The summed E-state index contributed by atoms with van der Waals surface area (Å²) >= 11 is 0. The molecule has 0 aromatic carbocycles. The summed E-state index contributed by atoms with van der Waals surface area (Å²) in [4.78, 5) is 0. The summed E-state index contributed by atoms with van der Waals surface area (Å²) in [6.07, 6.45) is 12.3. The summed E-state index contributed by atoms with van der Waals surface area (Å²) in [5.74, 6) is 1.55. The quantitative estimate of drug-likeness (QED) is 0.503. The molecule has 0 spiro atoms. The Hall–Kier alpha value is -0.640. The first-order valence-corrected chi connectivity index (χ1v) is 13.6. The average Bonchev–Trinajstić information content (AvgIpc) is 3.17. The highest BCUT2D eigenvalue weighted by atomic mass is 16.5. The molecule has 186 valence electrons. The van der Waals surface area contributed by atoms with Gasteiger partial charge in [-0.15, -0.1) is 0 Å². The van der Waals surface area contributed by atoms with Crippen molar-refractivity contribution in [3.8, 4) is 0 Å².